The van der Waals surface area contributed by atoms with Crippen molar-refractivity contribution >= 4 is 18.3 Å². The van der Waals surface area contributed by atoms with Gasteiger partial charge in [0.2, 0.25) is 0 Å². The molecule has 0 bridgehead atoms. The summed E-state index contributed by atoms with van der Waals surface area (Å²) >= 11 is 4.13. The van der Waals surface area contributed by atoms with Crippen LogP contribution in [0.25, 0.3) is 0 Å². The van der Waals surface area contributed by atoms with Crippen molar-refractivity contribution in [2.45, 2.75) is 18.4 Å². The quantitative estimate of drug-likeness (QED) is 0.431. The Hall–Kier alpha value is -1.07. The molecule has 4 nitrogen and oxygen atoms in total. The Morgan fingerprint density at radius 1 is 1.62 bits per heavy atom. The Labute approximate surface area is 81.3 Å². The van der Waals surface area contributed by atoms with Crippen molar-refractivity contribution in [3.8, 4) is 0 Å². The Kier molecular flexibility index (Phi) is 2.90. The standard InChI is InChI=1S/C8H10N2O2S/c1-5-7(10(11)12)2-6(4-9)3-8(5)13/h2-3,13H,4,9H2,1H3. The predicted molar refractivity (Wildman–Crippen MR) is 53.0 cm³/mol. The zero-order valence-corrected chi connectivity index (χ0v) is 8.04. The number of benzene rings is 1. The van der Waals surface area contributed by atoms with Crippen LogP contribution in [0, 0.1) is 17.0 Å². The third kappa shape index (κ3) is 1.99. The van der Waals surface area contributed by atoms with Gasteiger partial charge >= 0.3 is 0 Å². The molecule has 0 radical (unpaired) electrons. The third-order valence-electron chi connectivity index (χ3n) is 1.85. The van der Waals surface area contributed by atoms with E-state index in [4.69, 9.17) is 5.73 Å². The Bertz CT molecular complexity index is 352. The van der Waals surface area contributed by atoms with Gasteiger partial charge in [-0.1, -0.05) is 0 Å². The largest absolute Gasteiger partial charge is 0.326 e. The highest BCUT2D eigenvalue weighted by atomic mass is 32.1. The lowest BCUT2D eigenvalue weighted by atomic mass is 10.1. The Morgan fingerprint density at radius 3 is 2.69 bits per heavy atom. The van der Waals surface area contributed by atoms with E-state index >= 15 is 0 Å². The molecule has 0 aromatic heterocycles. The maximum absolute atomic E-state index is 10.6. The zero-order valence-electron chi connectivity index (χ0n) is 7.15. The summed E-state index contributed by atoms with van der Waals surface area (Å²) in [6.07, 6.45) is 0. The van der Waals surface area contributed by atoms with E-state index in [2.05, 4.69) is 12.6 Å². The molecule has 0 saturated carbocycles. The van der Waals surface area contributed by atoms with Crippen molar-refractivity contribution in [2.24, 2.45) is 5.73 Å². The van der Waals surface area contributed by atoms with Crippen LogP contribution in [-0.4, -0.2) is 4.92 Å². The highest BCUT2D eigenvalue weighted by Crippen LogP contribution is 2.25. The van der Waals surface area contributed by atoms with Crippen molar-refractivity contribution in [1.29, 1.82) is 0 Å². The van der Waals surface area contributed by atoms with E-state index in [0.717, 1.165) is 5.56 Å². The summed E-state index contributed by atoms with van der Waals surface area (Å²) in [6.45, 7) is 1.95. The van der Waals surface area contributed by atoms with E-state index < -0.39 is 4.92 Å². The fourth-order valence-corrected chi connectivity index (χ4v) is 1.33. The van der Waals surface area contributed by atoms with Crippen LogP contribution in [-0.2, 0) is 6.54 Å². The maximum atomic E-state index is 10.6. The minimum absolute atomic E-state index is 0.0768. The summed E-state index contributed by atoms with van der Waals surface area (Å²) < 4.78 is 0. The Balaban J connectivity index is 3.33. The van der Waals surface area contributed by atoms with Gasteiger partial charge in [0.1, 0.15) is 0 Å². The average Bonchev–Trinajstić information content (AvgIpc) is 2.09. The van der Waals surface area contributed by atoms with Crippen molar-refractivity contribution in [2.75, 3.05) is 0 Å². The summed E-state index contributed by atoms with van der Waals surface area (Å²) in [5, 5.41) is 10.6. The number of nitro groups is 1. The van der Waals surface area contributed by atoms with Gasteiger partial charge in [-0.15, -0.1) is 12.6 Å². The molecule has 0 unspecified atom stereocenters. The van der Waals surface area contributed by atoms with Gasteiger partial charge in [-0.3, -0.25) is 10.1 Å². The molecule has 0 spiro atoms. The number of nitro benzene ring substituents is 1. The smallest absolute Gasteiger partial charge is 0.273 e. The molecule has 0 aliphatic rings. The summed E-state index contributed by atoms with van der Waals surface area (Å²) in [5.74, 6) is 0. The molecule has 0 amide bonds. The first kappa shape index (κ1) is 10.0. The van der Waals surface area contributed by atoms with Crippen molar-refractivity contribution in [1.82, 2.24) is 0 Å². The highest BCUT2D eigenvalue weighted by molar-refractivity contribution is 7.80. The van der Waals surface area contributed by atoms with Gasteiger partial charge in [0.15, 0.2) is 0 Å². The number of hydrogen-bond acceptors (Lipinski definition) is 4. The van der Waals surface area contributed by atoms with Crippen molar-refractivity contribution in [3.63, 3.8) is 0 Å². The topological polar surface area (TPSA) is 69.2 Å². The first-order valence-corrected chi connectivity index (χ1v) is 4.18. The number of nitrogens with zero attached hydrogens (tertiary/aromatic N) is 1. The molecule has 0 saturated heterocycles. The predicted octanol–water partition coefficient (Wildman–Crippen LogP) is 1.65. The molecule has 5 heteroatoms. The molecule has 0 heterocycles. The second kappa shape index (κ2) is 3.76. The first-order valence-electron chi connectivity index (χ1n) is 3.73. The second-order valence-corrected chi connectivity index (χ2v) is 3.20. The minimum atomic E-state index is -0.422. The monoisotopic (exact) mass is 198 g/mol. The maximum Gasteiger partial charge on any atom is 0.273 e. The van der Waals surface area contributed by atoms with E-state index in [0.29, 0.717) is 10.5 Å². The van der Waals surface area contributed by atoms with Gasteiger partial charge in [-0.25, -0.2) is 0 Å². The Morgan fingerprint density at radius 2 is 2.23 bits per heavy atom. The number of hydrogen-bond donors (Lipinski definition) is 2. The van der Waals surface area contributed by atoms with Crippen LogP contribution in [0.2, 0.25) is 0 Å². The van der Waals surface area contributed by atoms with Crippen LogP contribution >= 0.6 is 12.6 Å². The minimum Gasteiger partial charge on any atom is -0.326 e. The van der Waals surface area contributed by atoms with Crippen LogP contribution in [0.5, 0.6) is 0 Å². The van der Waals surface area contributed by atoms with Crippen LogP contribution in [0.1, 0.15) is 11.1 Å². The summed E-state index contributed by atoms with van der Waals surface area (Å²) in [5.41, 5.74) is 6.76. The van der Waals surface area contributed by atoms with Crippen molar-refractivity contribution < 1.29 is 4.92 Å². The molecule has 70 valence electrons. The highest BCUT2D eigenvalue weighted by Gasteiger charge is 2.13. The van der Waals surface area contributed by atoms with Gasteiger partial charge in [0.25, 0.3) is 5.69 Å². The second-order valence-electron chi connectivity index (χ2n) is 2.72. The molecule has 0 aliphatic heterocycles. The van der Waals surface area contributed by atoms with Gasteiger partial charge in [-0.2, -0.15) is 0 Å². The lowest BCUT2D eigenvalue weighted by molar-refractivity contribution is -0.385. The molecule has 0 fully saturated rings. The van der Waals surface area contributed by atoms with Gasteiger partial charge in [-0.05, 0) is 18.6 Å². The molecule has 1 rings (SSSR count). The van der Waals surface area contributed by atoms with Crippen LogP contribution < -0.4 is 5.73 Å². The van der Waals surface area contributed by atoms with Crippen molar-refractivity contribution in [3.05, 3.63) is 33.4 Å². The van der Waals surface area contributed by atoms with Gasteiger partial charge in [0, 0.05) is 23.1 Å². The van der Waals surface area contributed by atoms with Crippen LogP contribution in [0.15, 0.2) is 17.0 Å². The average molecular weight is 198 g/mol. The summed E-state index contributed by atoms with van der Waals surface area (Å²) in [4.78, 5) is 10.8. The lowest BCUT2D eigenvalue weighted by Crippen LogP contribution is -2.00. The van der Waals surface area contributed by atoms with E-state index in [1.807, 2.05) is 0 Å². The summed E-state index contributed by atoms with van der Waals surface area (Å²) in [7, 11) is 0. The first-order chi connectivity index (χ1) is 6.06. The normalized spacial score (nSPS) is 10.1. The molecular formula is C8H10N2O2S. The van der Waals surface area contributed by atoms with Gasteiger partial charge < -0.3 is 5.73 Å². The van der Waals surface area contributed by atoms with E-state index in [-0.39, 0.29) is 12.2 Å². The molecule has 13 heavy (non-hydrogen) atoms. The van der Waals surface area contributed by atoms with Gasteiger partial charge in [0.05, 0.1) is 4.92 Å². The van der Waals surface area contributed by atoms with E-state index in [9.17, 15) is 10.1 Å². The number of nitrogens with two attached hydrogens (primary N) is 1. The lowest BCUT2D eigenvalue weighted by Gasteiger charge is -2.03. The molecule has 1 aromatic carbocycles. The summed E-state index contributed by atoms with van der Waals surface area (Å²) in [6, 6.07) is 3.22. The van der Waals surface area contributed by atoms with E-state index in [1.54, 1.807) is 13.0 Å². The molecule has 2 N–H and O–H groups in total. The molecule has 0 aliphatic carbocycles. The van der Waals surface area contributed by atoms with Crippen LogP contribution in [0.3, 0.4) is 0 Å². The SMILES string of the molecule is Cc1c(S)cc(CN)cc1[N+](=O)[O-]. The number of rotatable bonds is 2. The number of thiol groups is 1. The molecule has 0 atom stereocenters. The molecular weight excluding hydrogens is 188 g/mol. The third-order valence-corrected chi connectivity index (χ3v) is 2.31. The fourth-order valence-electron chi connectivity index (χ4n) is 1.05. The fraction of sp³-hybridized carbons (Fsp3) is 0.250. The zero-order chi connectivity index (χ0) is 10.0. The molecule has 1 aromatic rings. The van der Waals surface area contributed by atoms with Crippen LogP contribution in [0.4, 0.5) is 5.69 Å². The van der Waals surface area contributed by atoms with E-state index in [1.165, 1.54) is 6.07 Å².